The third kappa shape index (κ3) is 2.15. The molecule has 7 atom stereocenters. The van der Waals surface area contributed by atoms with Crippen molar-refractivity contribution in [3.05, 3.63) is 11.6 Å². The highest BCUT2D eigenvalue weighted by molar-refractivity contribution is 5.79. The predicted molar refractivity (Wildman–Crippen MR) is 93.5 cm³/mol. The van der Waals surface area contributed by atoms with Crippen LogP contribution in [0.5, 0.6) is 0 Å². The molecule has 0 spiro atoms. The van der Waals surface area contributed by atoms with Gasteiger partial charge in [-0.2, -0.15) is 0 Å². The third-order valence-corrected chi connectivity index (χ3v) is 8.54. The number of hydrogen-bond donors (Lipinski definition) is 3. The van der Waals surface area contributed by atoms with Crippen molar-refractivity contribution in [2.75, 3.05) is 0 Å². The molecule has 4 rings (SSSR count). The van der Waals surface area contributed by atoms with Crippen molar-refractivity contribution in [2.24, 2.45) is 40.3 Å². The Morgan fingerprint density at radius 2 is 2.00 bits per heavy atom. The topological polar surface area (TPSA) is 75.3 Å². The van der Waals surface area contributed by atoms with Gasteiger partial charge in [0.2, 0.25) is 5.91 Å². The van der Waals surface area contributed by atoms with Gasteiger partial charge in [-0.1, -0.05) is 25.5 Å². The van der Waals surface area contributed by atoms with Crippen LogP contribution in [0.25, 0.3) is 0 Å². The number of aliphatic hydroxyl groups excluding tert-OH is 1. The van der Waals surface area contributed by atoms with Gasteiger partial charge in [-0.05, 0) is 80.0 Å². The number of hydrazine groups is 1. The second-order valence-corrected chi connectivity index (χ2v) is 9.34. The number of hydrogen-bond acceptors (Lipinski definition) is 3. The summed E-state index contributed by atoms with van der Waals surface area (Å²) in [5.41, 5.74) is 4.32. The zero-order chi connectivity index (χ0) is 17.1. The molecule has 0 aliphatic heterocycles. The summed E-state index contributed by atoms with van der Waals surface area (Å²) in [4.78, 5) is 12.3. The molecule has 0 aromatic heterocycles. The number of aliphatic hydroxyl groups is 1. The Morgan fingerprint density at radius 3 is 2.75 bits per heavy atom. The van der Waals surface area contributed by atoms with E-state index in [2.05, 4.69) is 25.3 Å². The van der Waals surface area contributed by atoms with Crippen LogP contribution < -0.4 is 11.3 Å². The van der Waals surface area contributed by atoms with Gasteiger partial charge in [0.15, 0.2) is 0 Å². The summed E-state index contributed by atoms with van der Waals surface area (Å²) in [7, 11) is 0. The molecule has 134 valence electrons. The molecule has 0 bridgehead atoms. The summed E-state index contributed by atoms with van der Waals surface area (Å²) < 4.78 is 0. The van der Waals surface area contributed by atoms with Crippen LogP contribution in [0.2, 0.25) is 0 Å². The van der Waals surface area contributed by atoms with E-state index >= 15 is 0 Å². The minimum atomic E-state index is -0.140. The van der Waals surface area contributed by atoms with Crippen LogP contribution in [0.15, 0.2) is 11.6 Å². The lowest BCUT2D eigenvalue weighted by atomic mass is 9.47. The highest BCUT2D eigenvalue weighted by Gasteiger charge is 2.59. The van der Waals surface area contributed by atoms with E-state index in [0.29, 0.717) is 11.8 Å². The molecule has 4 aliphatic rings. The van der Waals surface area contributed by atoms with E-state index in [1.54, 1.807) is 0 Å². The molecular formula is C20H32N2O2. The molecule has 0 aromatic carbocycles. The first-order valence-corrected chi connectivity index (χ1v) is 9.78. The first-order valence-electron chi connectivity index (χ1n) is 9.78. The normalized spacial score (nSPS) is 50.3. The molecule has 3 saturated carbocycles. The standard InChI is InChI=1S/C20H32N2O2/c1-19-9-7-13(23)11-12(19)3-4-14-15-5-6-17(18(24)22-21)20(15,2)10-8-16(14)19/h3,13-17,23H,4-11,21H2,1-2H3,(H,22,24)/t13-,14-,15-,16-,17+,19+,20-/m1/s1. The molecule has 0 heterocycles. The molecule has 0 radical (unpaired) electrons. The molecular weight excluding hydrogens is 300 g/mol. The van der Waals surface area contributed by atoms with Crippen LogP contribution in [0, 0.1) is 34.5 Å². The number of carbonyl (C=O) groups is 1. The summed E-state index contributed by atoms with van der Waals surface area (Å²) in [6.07, 6.45) is 10.9. The van der Waals surface area contributed by atoms with Gasteiger partial charge in [0, 0.05) is 5.92 Å². The van der Waals surface area contributed by atoms with Crippen LogP contribution in [-0.2, 0) is 4.79 Å². The molecule has 3 fully saturated rings. The smallest absolute Gasteiger partial charge is 0.237 e. The maximum atomic E-state index is 12.3. The van der Waals surface area contributed by atoms with Crippen molar-refractivity contribution in [3.63, 3.8) is 0 Å². The Kier molecular flexibility index (Phi) is 3.85. The summed E-state index contributed by atoms with van der Waals surface area (Å²) in [5, 5.41) is 10.1. The highest BCUT2D eigenvalue weighted by Crippen LogP contribution is 2.66. The number of fused-ring (bicyclic) bond motifs is 5. The molecule has 24 heavy (non-hydrogen) atoms. The zero-order valence-corrected chi connectivity index (χ0v) is 15.1. The molecule has 4 N–H and O–H groups in total. The Labute approximate surface area is 145 Å². The van der Waals surface area contributed by atoms with E-state index in [1.807, 2.05) is 0 Å². The number of amides is 1. The quantitative estimate of drug-likeness (QED) is 0.299. The van der Waals surface area contributed by atoms with E-state index < -0.39 is 0 Å². The van der Waals surface area contributed by atoms with Crippen molar-refractivity contribution in [2.45, 2.75) is 71.3 Å². The van der Waals surface area contributed by atoms with Gasteiger partial charge in [-0.3, -0.25) is 10.2 Å². The van der Waals surface area contributed by atoms with Crippen LogP contribution in [0.4, 0.5) is 0 Å². The summed E-state index contributed by atoms with van der Waals surface area (Å²) >= 11 is 0. The minimum absolute atomic E-state index is 0.0393. The Bertz CT molecular complexity index is 574. The van der Waals surface area contributed by atoms with Gasteiger partial charge in [-0.15, -0.1) is 0 Å². The fraction of sp³-hybridized carbons (Fsp3) is 0.850. The lowest BCUT2D eigenvalue weighted by molar-refractivity contribution is -0.131. The lowest BCUT2D eigenvalue weighted by Crippen LogP contribution is -2.52. The van der Waals surface area contributed by atoms with E-state index in [9.17, 15) is 9.90 Å². The second kappa shape index (κ2) is 5.57. The number of nitrogens with two attached hydrogens (primary N) is 1. The fourth-order valence-electron chi connectivity index (χ4n) is 7.17. The fourth-order valence-corrected chi connectivity index (χ4v) is 7.17. The second-order valence-electron chi connectivity index (χ2n) is 9.34. The van der Waals surface area contributed by atoms with Gasteiger partial charge in [0.05, 0.1) is 6.10 Å². The predicted octanol–water partition coefficient (Wildman–Crippen LogP) is 2.92. The van der Waals surface area contributed by atoms with Crippen LogP contribution in [0.3, 0.4) is 0 Å². The molecule has 4 aliphatic carbocycles. The average molecular weight is 332 g/mol. The molecule has 0 aromatic rings. The van der Waals surface area contributed by atoms with Crippen molar-refractivity contribution >= 4 is 5.91 Å². The number of nitrogens with one attached hydrogen (secondary N) is 1. The highest BCUT2D eigenvalue weighted by atomic mass is 16.3. The van der Waals surface area contributed by atoms with E-state index in [1.165, 1.54) is 12.0 Å². The summed E-state index contributed by atoms with van der Waals surface area (Å²) in [6.45, 7) is 4.79. The van der Waals surface area contributed by atoms with Crippen molar-refractivity contribution < 1.29 is 9.90 Å². The molecule has 4 heteroatoms. The molecule has 0 saturated heterocycles. The maximum absolute atomic E-state index is 12.3. The van der Waals surface area contributed by atoms with E-state index in [-0.39, 0.29) is 28.8 Å². The minimum Gasteiger partial charge on any atom is -0.393 e. The van der Waals surface area contributed by atoms with Crippen LogP contribution in [-0.4, -0.2) is 17.1 Å². The van der Waals surface area contributed by atoms with Crippen LogP contribution >= 0.6 is 0 Å². The summed E-state index contributed by atoms with van der Waals surface area (Å²) in [5.74, 6) is 7.64. The van der Waals surface area contributed by atoms with Crippen LogP contribution in [0.1, 0.15) is 65.2 Å². The van der Waals surface area contributed by atoms with Crippen molar-refractivity contribution in [1.82, 2.24) is 5.43 Å². The van der Waals surface area contributed by atoms with Gasteiger partial charge in [0.1, 0.15) is 0 Å². The summed E-state index contributed by atoms with van der Waals surface area (Å²) in [6, 6.07) is 0. The van der Waals surface area contributed by atoms with Gasteiger partial charge < -0.3 is 5.11 Å². The van der Waals surface area contributed by atoms with Gasteiger partial charge in [-0.25, -0.2) is 5.84 Å². The number of carbonyl (C=O) groups excluding carboxylic acids is 1. The van der Waals surface area contributed by atoms with Crippen molar-refractivity contribution in [3.8, 4) is 0 Å². The van der Waals surface area contributed by atoms with Gasteiger partial charge in [0.25, 0.3) is 0 Å². The Balaban J connectivity index is 1.64. The average Bonchev–Trinajstić information content (AvgIpc) is 2.92. The van der Waals surface area contributed by atoms with E-state index in [0.717, 1.165) is 50.9 Å². The van der Waals surface area contributed by atoms with E-state index in [4.69, 9.17) is 5.84 Å². The first-order chi connectivity index (χ1) is 11.4. The number of allylic oxidation sites excluding steroid dienone is 1. The maximum Gasteiger partial charge on any atom is 0.237 e. The van der Waals surface area contributed by atoms with Crippen molar-refractivity contribution in [1.29, 1.82) is 0 Å². The molecule has 1 amide bonds. The SMILES string of the molecule is C[C@@]12CC[C@@H]3[C@H](CC=C4C[C@H](O)CC[C@@]43C)[C@H]1CC[C@H]2C(=O)NN. The largest absolute Gasteiger partial charge is 0.393 e. The third-order valence-electron chi connectivity index (χ3n) is 8.54. The Morgan fingerprint density at radius 1 is 1.21 bits per heavy atom. The zero-order valence-electron chi connectivity index (χ0n) is 15.1. The Hall–Kier alpha value is -0.870. The monoisotopic (exact) mass is 332 g/mol. The lowest BCUT2D eigenvalue weighted by Gasteiger charge is -2.57. The van der Waals surface area contributed by atoms with Gasteiger partial charge >= 0.3 is 0 Å². The first kappa shape index (κ1) is 16.6. The number of rotatable bonds is 1. The molecule has 0 unspecified atom stereocenters. The molecule has 4 nitrogen and oxygen atoms in total.